The average molecular weight is 326 g/mol. The molecule has 0 aliphatic rings. The van der Waals surface area contributed by atoms with Crippen LogP contribution >= 0.6 is 0 Å². The fraction of sp³-hybridized carbons (Fsp3) is 0.615. The van der Waals surface area contributed by atoms with Crippen molar-refractivity contribution in [1.82, 2.24) is 24.5 Å². The molecule has 0 radical (unpaired) electrons. The van der Waals surface area contributed by atoms with Crippen molar-refractivity contribution in [2.45, 2.75) is 27.2 Å². The number of rotatable bonds is 8. The van der Waals surface area contributed by atoms with E-state index in [1.54, 1.807) is 11.4 Å². The Hall–Kier alpha value is -1.74. The van der Waals surface area contributed by atoms with Gasteiger partial charge < -0.3 is 5.32 Å². The monoisotopic (exact) mass is 326 g/mol. The van der Waals surface area contributed by atoms with Gasteiger partial charge in [0.15, 0.2) is 11.5 Å². The topological polar surface area (TPSA) is 101 Å². The highest BCUT2D eigenvalue weighted by molar-refractivity contribution is 7.89. The lowest BCUT2D eigenvalue weighted by Crippen LogP contribution is -2.27. The van der Waals surface area contributed by atoms with Crippen LogP contribution in [0.4, 0.5) is 5.82 Å². The van der Waals surface area contributed by atoms with Crippen LogP contribution in [-0.2, 0) is 16.4 Å². The molecule has 22 heavy (non-hydrogen) atoms. The Kier molecular flexibility index (Phi) is 5.30. The molecule has 0 saturated heterocycles. The zero-order valence-corrected chi connectivity index (χ0v) is 13.9. The minimum absolute atomic E-state index is 0.0646. The molecule has 8 nitrogen and oxygen atoms in total. The molecule has 2 heterocycles. The standard InChI is InChI=1S/C13H22N6O2S/c1-4-22(20,21)15-8-7-13-17-16-12-6-5-11(18-19(12)13)14-9-10(2)3/h5-6,10,15H,4,7-9H2,1-3H3,(H,14,18). The third-order valence-electron chi connectivity index (χ3n) is 3.07. The summed E-state index contributed by atoms with van der Waals surface area (Å²) in [6.45, 7) is 6.95. The maximum Gasteiger partial charge on any atom is 0.211 e. The first kappa shape index (κ1) is 16.6. The number of hydrogen-bond donors (Lipinski definition) is 2. The molecule has 0 fully saturated rings. The number of nitrogens with one attached hydrogen (secondary N) is 2. The number of fused-ring (bicyclic) bond motifs is 1. The van der Waals surface area contributed by atoms with Gasteiger partial charge in [-0.3, -0.25) is 0 Å². The highest BCUT2D eigenvalue weighted by atomic mass is 32.2. The number of anilines is 1. The second kappa shape index (κ2) is 7.01. The molecule has 0 bridgehead atoms. The lowest BCUT2D eigenvalue weighted by atomic mass is 10.2. The van der Waals surface area contributed by atoms with Crippen molar-refractivity contribution in [3.63, 3.8) is 0 Å². The van der Waals surface area contributed by atoms with Crippen LogP contribution in [0.2, 0.25) is 0 Å². The predicted molar refractivity (Wildman–Crippen MR) is 85.3 cm³/mol. The molecule has 0 aliphatic carbocycles. The second-order valence-electron chi connectivity index (χ2n) is 5.43. The summed E-state index contributed by atoms with van der Waals surface area (Å²) >= 11 is 0. The van der Waals surface area contributed by atoms with Gasteiger partial charge in [0.1, 0.15) is 5.82 Å². The molecule has 0 aliphatic heterocycles. The van der Waals surface area contributed by atoms with Crippen LogP contribution < -0.4 is 10.0 Å². The van der Waals surface area contributed by atoms with E-state index in [9.17, 15) is 8.42 Å². The Morgan fingerprint density at radius 2 is 2.05 bits per heavy atom. The van der Waals surface area contributed by atoms with Gasteiger partial charge in [0.05, 0.1) is 5.75 Å². The third kappa shape index (κ3) is 4.38. The Morgan fingerprint density at radius 3 is 2.73 bits per heavy atom. The number of nitrogens with zero attached hydrogens (tertiary/aromatic N) is 4. The zero-order chi connectivity index (χ0) is 16.2. The van der Waals surface area contributed by atoms with Crippen LogP contribution in [0.15, 0.2) is 12.1 Å². The summed E-state index contributed by atoms with van der Waals surface area (Å²) < 4.78 is 27.0. The molecule has 2 aromatic heterocycles. The van der Waals surface area contributed by atoms with Crippen molar-refractivity contribution in [3.8, 4) is 0 Å². The molecular weight excluding hydrogens is 304 g/mol. The Bertz CT molecular complexity index is 725. The van der Waals surface area contributed by atoms with Crippen LogP contribution in [0.1, 0.15) is 26.6 Å². The molecular formula is C13H22N6O2S. The first-order valence-corrected chi connectivity index (χ1v) is 8.99. The van der Waals surface area contributed by atoms with Crippen molar-refractivity contribution in [1.29, 1.82) is 0 Å². The molecule has 2 rings (SSSR count). The SMILES string of the molecule is CCS(=O)(=O)NCCc1nnc2ccc(NCC(C)C)nn12. The van der Waals surface area contributed by atoms with Gasteiger partial charge in [-0.1, -0.05) is 13.8 Å². The van der Waals surface area contributed by atoms with Crippen molar-refractivity contribution in [2.75, 3.05) is 24.2 Å². The van der Waals surface area contributed by atoms with Gasteiger partial charge in [-0.15, -0.1) is 15.3 Å². The molecule has 122 valence electrons. The summed E-state index contributed by atoms with van der Waals surface area (Å²) in [6, 6.07) is 3.69. The van der Waals surface area contributed by atoms with Crippen LogP contribution in [0.25, 0.3) is 5.65 Å². The zero-order valence-electron chi connectivity index (χ0n) is 13.1. The van der Waals surface area contributed by atoms with E-state index < -0.39 is 10.0 Å². The van der Waals surface area contributed by atoms with E-state index >= 15 is 0 Å². The first-order valence-electron chi connectivity index (χ1n) is 7.34. The number of aromatic nitrogens is 4. The van der Waals surface area contributed by atoms with Gasteiger partial charge in [0.25, 0.3) is 0 Å². The van der Waals surface area contributed by atoms with E-state index in [1.165, 1.54) is 0 Å². The minimum atomic E-state index is -3.19. The van der Waals surface area contributed by atoms with E-state index in [-0.39, 0.29) is 12.3 Å². The minimum Gasteiger partial charge on any atom is -0.368 e. The predicted octanol–water partition coefficient (Wildman–Crippen LogP) is 0.674. The molecule has 0 amide bonds. The quantitative estimate of drug-likeness (QED) is 0.739. The largest absolute Gasteiger partial charge is 0.368 e. The summed E-state index contributed by atoms with van der Waals surface area (Å²) in [7, 11) is -3.19. The highest BCUT2D eigenvalue weighted by Gasteiger charge is 2.10. The van der Waals surface area contributed by atoms with Crippen molar-refractivity contribution < 1.29 is 8.42 Å². The van der Waals surface area contributed by atoms with Gasteiger partial charge >= 0.3 is 0 Å². The van der Waals surface area contributed by atoms with E-state index in [1.807, 2.05) is 12.1 Å². The number of hydrogen-bond acceptors (Lipinski definition) is 6. The fourth-order valence-corrected chi connectivity index (χ4v) is 2.43. The molecule has 0 spiro atoms. The maximum atomic E-state index is 11.4. The smallest absolute Gasteiger partial charge is 0.211 e. The van der Waals surface area contributed by atoms with Crippen molar-refractivity contribution >= 4 is 21.5 Å². The second-order valence-corrected chi connectivity index (χ2v) is 7.52. The maximum absolute atomic E-state index is 11.4. The number of sulfonamides is 1. The van der Waals surface area contributed by atoms with Crippen LogP contribution in [0, 0.1) is 5.92 Å². The van der Waals surface area contributed by atoms with E-state index in [4.69, 9.17) is 0 Å². The van der Waals surface area contributed by atoms with E-state index in [0.29, 0.717) is 23.8 Å². The lowest BCUT2D eigenvalue weighted by molar-refractivity contribution is 0.581. The molecule has 2 N–H and O–H groups in total. The van der Waals surface area contributed by atoms with Gasteiger partial charge in [0.2, 0.25) is 10.0 Å². The summed E-state index contributed by atoms with van der Waals surface area (Å²) in [4.78, 5) is 0. The average Bonchev–Trinajstić information content (AvgIpc) is 2.87. The molecule has 0 atom stereocenters. The van der Waals surface area contributed by atoms with Crippen LogP contribution in [0.5, 0.6) is 0 Å². The van der Waals surface area contributed by atoms with Crippen molar-refractivity contribution in [3.05, 3.63) is 18.0 Å². The normalized spacial score (nSPS) is 12.2. The van der Waals surface area contributed by atoms with E-state index in [0.717, 1.165) is 12.4 Å². The first-order chi connectivity index (χ1) is 10.4. The lowest BCUT2D eigenvalue weighted by Gasteiger charge is -2.08. The van der Waals surface area contributed by atoms with Crippen molar-refractivity contribution in [2.24, 2.45) is 5.92 Å². The van der Waals surface area contributed by atoms with Gasteiger partial charge in [0, 0.05) is 19.5 Å². The molecule has 2 aromatic rings. The van der Waals surface area contributed by atoms with Gasteiger partial charge in [-0.05, 0) is 25.0 Å². The van der Waals surface area contributed by atoms with Crippen LogP contribution in [0.3, 0.4) is 0 Å². The van der Waals surface area contributed by atoms with Gasteiger partial charge in [-0.2, -0.15) is 4.52 Å². The van der Waals surface area contributed by atoms with Gasteiger partial charge in [-0.25, -0.2) is 13.1 Å². The Morgan fingerprint density at radius 1 is 1.27 bits per heavy atom. The molecule has 0 saturated carbocycles. The van der Waals surface area contributed by atoms with Crippen LogP contribution in [-0.4, -0.2) is 47.1 Å². The molecule has 0 unspecified atom stereocenters. The summed E-state index contributed by atoms with van der Waals surface area (Å²) in [6.07, 6.45) is 0.432. The van der Waals surface area contributed by atoms with E-state index in [2.05, 4.69) is 39.2 Å². The Balaban J connectivity index is 2.08. The fourth-order valence-electron chi connectivity index (χ4n) is 1.81. The summed E-state index contributed by atoms with van der Waals surface area (Å²) in [5, 5.41) is 15.8. The third-order valence-corrected chi connectivity index (χ3v) is 4.47. The Labute approximate surface area is 130 Å². The molecule has 0 aromatic carbocycles. The summed E-state index contributed by atoms with van der Waals surface area (Å²) in [5.41, 5.74) is 0.642. The summed E-state index contributed by atoms with van der Waals surface area (Å²) in [5.74, 6) is 1.95. The molecule has 9 heteroatoms. The highest BCUT2D eigenvalue weighted by Crippen LogP contribution is 2.08.